The standard InChI is InChI=1S/C23H29N3O5/c1-4-5-6-13-31-20-12-11-18(14-25-20)16-7-9-17(10-8-16)23(30)26(3)21(19(28)15-27)22(29)24-2/h7-12,14,21,27H,4-6,13,15H2,1-3H3,(H,24,29). The number of nitrogens with one attached hydrogen (secondary N) is 1. The van der Waals surface area contributed by atoms with E-state index in [1.807, 2.05) is 12.1 Å². The second kappa shape index (κ2) is 11.8. The summed E-state index contributed by atoms with van der Waals surface area (Å²) in [6.07, 6.45) is 4.96. The molecule has 2 rings (SSSR count). The van der Waals surface area contributed by atoms with Gasteiger partial charge in [0.15, 0.2) is 11.8 Å². The van der Waals surface area contributed by atoms with Crippen LogP contribution in [0.3, 0.4) is 0 Å². The molecule has 2 N–H and O–H groups in total. The van der Waals surface area contributed by atoms with Crippen molar-refractivity contribution in [2.75, 3.05) is 27.3 Å². The van der Waals surface area contributed by atoms with Crippen LogP contribution < -0.4 is 10.1 Å². The van der Waals surface area contributed by atoms with Crippen LogP contribution in [0.4, 0.5) is 0 Å². The molecule has 8 heteroatoms. The monoisotopic (exact) mass is 427 g/mol. The molecule has 0 saturated carbocycles. The number of amides is 2. The molecule has 0 aliphatic heterocycles. The molecule has 1 unspecified atom stereocenters. The van der Waals surface area contributed by atoms with E-state index in [9.17, 15) is 14.4 Å². The first kappa shape index (κ1) is 24.0. The van der Waals surface area contributed by atoms with Crippen molar-refractivity contribution >= 4 is 17.6 Å². The summed E-state index contributed by atoms with van der Waals surface area (Å²) < 4.78 is 5.62. The number of hydrogen-bond donors (Lipinski definition) is 2. The van der Waals surface area contributed by atoms with Crippen molar-refractivity contribution in [3.8, 4) is 17.0 Å². The Bertz CT molecular complexity index is 865. The van der Waals surface area contributed by atoms with Crippen LogP contribution in [0.1, 0.15) is 36.5 Å². The van der Waals surface area contributed by atoms with E-state index >= 15 is 0 Å². The van der Waals surface area contributed by atoms with Crippen LogP contribution in [0.5, 0.6) is 5.88 Å². The maximum absolute atomic E-state index is 12.7. The molecule has 0 fully saturated rings. The Morgan fingerprint density at radius 1 is 1.10 bits per heavy atom. The van der Waals surface area contributed by atoms with Gasteiger partial charge in [-0.2, -0.15) is 0 Å². The fourth-order valence-corrected chi connectivity index (χ4v) is 3.05. The van der Waals surface area contributed by atoms with Gasteiger partial charge in [-0.25, -0.2) is 4.98 Å². The zero-order valence-corrected chi connectivity index (χ0v) is 18.1. The van der Waals surface area contributed by atoms with Crippen LogP contribution in [0.25, 0.3) is 11.1 Å². The molecule has 2 aromatic rings. The first-order valence-electron chi connectivity index (χ1n) is 10.2. The molecule has 166 valence electrons. The second-order valence-electron chi connectivity index (χ2n) is 7.08. The number of hydrogen-bond acceptors (Lipinski definition) is 6. The Morgan fingerprint density at radius 3 is 2.32 bits per heavy atom. The van der Waals surface area contributed by atoms with Gasteiger partial charge in [0.2, 0.25) is 11.8 Å². The maximum atomic E-state index is 12.7. The van der Waals surface area contributed by atoms with Gasteiger partial charge in [-0.3, -0.25) is 14.4 Å². The highest BCUT2D eigenvalue weighted by molar-refractivity contribution is 6.10. The van der Waals surface area contributed by atoms with Gasteiger partial charge < -0.3 is 20.1 Å². The summed E-state index contributed by atoms with van der Waals surface area (Å²) in [5.41, 5.74) is 2.04. The summed E-state index contributed by atoms with van der Waals surface area (Å²) in [7, 11) is 2.72. The Kier molecular flexibility index (Phi) is 9.14. The Labute approximate surface area is 182 Å². The molecule has 31 heavy (non-hydrogen) atoms. The van der Waals surface area contributed by atoms with Gasteiger partial charge in [0.1, 0.15) is 6.61 Å². The number of aromatic nitrogens is 1. The zero-order valence-electron chi connectivity index (χ0n) is 18.1. The minimum atomic E-state index is -1.39. The summed E-state index contributed by atoms with van der Waals surface area (Å²) in [6.45, 7) is 1.94. The van der Waals surface area contributed by atoms with E-state index in [2.05, 4.69) is 17.2 Å². The third-order valence-electron chi connectivity index (χ3n) is 4.86. The molecule has 0 bridgehead atoms. The molecule has 1 heterocycles. The van der Waals surface area contributed by atoms with E-state index < -0.39 is 30.2 Å². The van der Waals surface area contributed by atoms with Gasteiger partial charge in [0.05, 0.1) is 6.61 Å². The van der Waals surface area contributed by atoms with Gasteiger partial charge >= 0.3 is 0 Å². The summed E-state index contributed by atoms with van der Waals surface area (Å²) in [4.78, 5) is 42.0. The predicted octanol–water partition coefficient (Wildman–Crippen LogP) is 2.07. The molecule has 0 aliphatic carbocycles. The number of ketones is 1. The summed E-state index contributed by atoms with van der Waals surface area (Å²) in [5.74, 6) is -1.34. The Hall–Kier alpha value is -3.26. The van der Waals surface area contributed by atoms with Crippen molar-refractivity contribution < 1.29 is 24.2 Å². The van der Waals surface area contributed by atoms with E-state index in [1.54, 1.807) is 30.5 Å². The smallest absolute Gasteiger partial charge is 0.254 e. The molecular weight excluding hydrogens is 398 g/mol. The largest absolute Gasteiger partial charge is 0.478 e. The number of nitrogens with zero attached hydrogens (tertiary/aromatic N) is 2. The number of rotatable bonds is 11. The van der Waals surface area contributed by atoms with E-state index in [0.29, 0.717) is 18.1 Å². The van der Waals surface area contributed by atoms with Crippen molar-refractivity contribution in [1.82, 2.24) is 15.2 Å². The highest BCUT2D eigenvalue weighted by Gasteiger charge is 2.32. The third-order valence-corrected chi connectivity index (χ3v) is 4.86. The molecular formula is C23H29N3O5. The predicted molar refractivity (Wildman–Crippen MR) is 117 cm³/mol. The van der Waals surface area contributed by atoms with E-state index in [1.165, 1.54) is 14.1 Å². The molecule has 1 atom stereocenters. The summed E-state index contributed by atoms with van der Waals surface area (Å²) >= 11 is 0. The number of aliphatic hydroxyl groups is 1. The van der Waals surface area contributed by atoms with Crippen molar-refractivity contribution in [2.45, 2.75) is 32.2 Å². The number of carbonyl (C=O) groups is 3. The maximum Gasteiger partial charge on any atom is 0.254 e. The molecule has 0 aliphatic rings. The Morgan fingerprint density at radius 2 is 1.77 bits per heavy atom. The molecule has 2 amide bonds. The molecule has 8 nitrogen and oxygen atoms in total. The number of carbonyl (C=O) groups excluding carboxylic acids is 3. The third kappa shape index (κ3) is 6.36. The normalized spacial score (nSPS) is 11.5. The topological polar surface area (TPSA) is 109 Å². The lowest BCUT2D eigenvalue weighted by Crippen LogP contribution is -2.52. The molecule has 1 aromatic heterocycles. The van der Waals surface area contributed by atoms with Crippen molar-refractivity contribution in [3.05, 3.63) is 48.2 Å². The van der Waals surface area contributed by atoms with Crippen LogP contribution in [0.2, 0.25) is 0 Å². The van der Waals surface area contributed by atoms with E-state index in [4.69, 9.17) is 9.84 Å². The average Bonchev–Trinajstić information content (AvgIpc) is 2.81. The van der Waals surface area contributed by atoms with Gasteiger partial charge in [-0.15, -0.1) is 0 Å². The van der Waals surface area contributed by atoms with Crippen LogP contribution in [0.15, 0.2) is 42.6 Å². The van der Waals surface area contributed by atoms with Crippen LogP contribution in [-0.2, 0) is 9.59 Å². The van der Waals surface area contributed by atoms with Gasteiger partial charge in [0.25, 0.3) is 5.91 Å². The number of likely N-dealkylation sites (N-methyl/N-ethyl adjacent to an activating group) is 2. The first-order valence-corrected chi connectivity index (χ1v) is 10.2. The summed E-state index contributed by atoms with van der Waals surface area (Å²) in [6, 6.07) is 9.08. The lowest BCUT2D eigenvalue weighted by Gasteiger charge is -2.25. The van der Waals surface area contributed by atoms with Gasteiger partial charge in [-0.05, 0) is 30.2 Å². The van der Waals surface area contributed by atoms with Crippen molar-refractivity contribution in [1.29, 1.82) is 0 Å². The highest BCUT2D eigenvalue weighted by Crippen LogP contribution is 2.22. The molecule has 1 aromatic carbocycles. The van der Waals surface area contributed by atoms with Crippen molar-refractivity contribution in [3.63, 3.8) is 0 Å². The quantitative estimate of drug-likeness (QED) is 0.420. The molecule has 0 radical (unpaired) electrons. The van der Waals surface area contributed by atoms with Crippen molar-refractivity contribution in [2.24, 2.45) is 0 Å². The van der Waals surface area contributed by atoms with Crippen LogP contribution in [0, 0.1) is 0 Å². The number of Topliss-reactive ketones (excluding diaryl/α,β-unsaturated/α-hetero) is 1. The van der Waals surface area contributed by atoms with Crippen LogP contribution >= 0.6 is 0 Å². The number of pyridine rings is 1. The fourth-order valence-electron chi connectivity index (χ4n) is 3.05. The number of ether oxygens (including phenoxy) is 1. The average molecular weight is 428 g/mol. The number of benzene rings is 1. The van der Waals surface area contributed by atoms with Gasteiger partial charge in [-0.1, -0.05) is 31.9 Å². The molecule has 0 saturated heterocycles. The van der Waals surface area contributed by atoms with Gasteiger partial charge in [0, 0.05) is 37.5 Å². The van der Waals surface area contributed by atoms with Crippen LogP contribution in [-0.4, -0.2) is 65.9 Å². The minimum Gasteiger partial charge on any atom is -0.478 e. The minimum absolute atomic E-state index is 0.315. The first-order chi connectivity index (χ1) is 14.9. The highest BCUT2D eigenvalue weighted by atomic mass is 16.5. The summed E-state index contributed by atoms with van der Waals surface area (Å²) in [5, 5.41) is 11.5. The fraction of sp³-hybridized carbons (Fsp3) is 0.391. The SMILES string of the molecule is CCCCCOc1ccc(-c2ccc(C(=O)N(C)C(C(=O)CO)C(=O)NC)cc2)cn1. The van der Waals surface area contributed by atoms with E-state index in [-0.39, 0.29) is 0 Å². The zero-order chi connectivity index (χ0) is 22.8. The number of unbranched alkanes of at least 4 members (excludes halogenated alkanes) is 2. The lowest BCUT2D eigenvalue weighted by molar-refractivity contribution is -0.135. The Balaban J connectivity index is 2.09. The van der Waals surface area contributed by atoms with E-state index in [0.717, 1.165) is 35.3 Å². The molecule has 0 spiro atoms. The lowest BCUT2D eigenvalue weighted by atomic mass is 10.0. The number of aliphatic hydroxyl groups excluding tert-OH is 1. The second-order valence-corrected chi connectivity index (χ2v) is 7.08.